The number of ether oxygens (including phenoxy) is 3. The summed E-state index contributed by atoms with van der Waals surface area (Å²) in [6, 6.07) is 3.90. The van der Waals surface area contributed by atoms with Crippen molar-refractivity contribution in [2.24, 2.45) is 0 Å². The number of aromatic nitrogens is 2. The predicted octanol–water partition coefficient (Wildman–Crippen LogP) is 3.24. The van der Waals surface area contributed by atoms with Gasteiger partial charge in [-0.3, -0.25) is 0 Å². The van der Waals surface area contributed by atoms with E-state index in [2.05, 4.69) is 16.5 Å². The lowest BCUT2D eigenvalue weighted by Gasteiger charge is -2.35. The van der Waals surface area contributed by atoms with Gasteiger partial charge in [-0.2, -0.15) is 0 Å². The maximum atomic E-state index is 5.68. The lowest BCUT2D eigenvalue weighted by molar-refractivity contribution is 0.0108. The molecule has 1 aliphatic rings. The highest BCUT2D eigenvalue weighted by Gasteiger charge is 2.32. The Hall–Kier alpha value is -1.53. The van der Waals surface area contributed by atoms with E-state index in [9.17, 15) is 0 Å². The van der Waals surface area contributed by atoms with Crippen molar-refractivity contribution in [2.75, 3.05) is 27.4 Å². The van der Waals surface area contributed by atoms with E-state index >= 15 is 0 Å². The average Bonchev–Trinajstić information content (AvgIpc) is 2.81. The third kappa shape index (κ3) is 2.32. The van der Waals surface area contributed by atoms with Crippen molar-refractivity contribution in [3.8, 4) is 11.5 Å². The molecule has 0 saturated carbocycles. The van der Waals surface area contributed by atoms with Crippen LogP contribution in [0.3, 0.4) is 0 Å². The zero-order valence-corrected chi connectivity index (χ0v) is 13.4. The van der Waals surface area contributed by atoms with Crippen molar-refractivity contribution in [3.63, 3.8) is 0 Å². The quantitative estimate of drug-likeness (QED) is 0.884. The minimum Gasteiger partial charge on any atom is -0.493 e. The van der Waals surface area contributed by atoms with Gasteiger partial charge in [-0.1, -0.05) is 0 Å². The van der Waals surface area contributed by atoms with Crippen LogP contribution in [0.5, 0.6) is 11.5 Å². The summed E-state index contributed by atoms with van der Waals surface area (Å²) in [4.78, 5) is 3.26. The molecule has 1 aromatic carbocycles. The van der Waals surface area contributed by atoms with Crippen molar-refractivity contribution in [2.45, 2.75) is 25.3 Å². The molecule has 2 aromatic rings. The lowest BCUT2D eigenvalue weighted by Crippen LogP contribution is -2.39. The highest BCUT2D eigenvalue weighted by molar-refractivity contribution is 7.71. The molecule has 0 bridgehead atoms. The number of hydrogen-bond donors (Lipinski definition) is 1. The molecule has 114 valence electrons. The summed E-state index contributed by atoms with van der Waals surface area (Å²) >= 11 is 5.53. The number of fused-ring (bicyclic) bond motifs is 1. The molecule has 1 N–H and O–H groups in total. The highest BCUT2D eigenvalue weighted by atomic mass is 32.1. The second-order valence-corrected chi connectivity index (χ2v) is 6.03. The first kappa shape index (κ1) is 14.4. The van der Waals surface area contributed by atoms with Gasteiger partial charge in [-0.05, 0) is 32.0 Å². The Morgan fingerprint density at radius 1 is 1.29 bits per heavy atom. The van der Waals surface area contributed by atoms with Crippen molar-refractivity contribution < 1.29 is 14.2 Å². The van der Waals surface area contributed by atoms with Crippen LogP contribution in [-0.4, -0.2) is 37.0 Å². The normalized spacial score (nSPS) is 22.4. The van der Waals surface area contributed by atoms with Gasteiger partial charge in [0.25, 0.3) is 0 Å². The molecule has 0 amide bonds. The van der Waals surface area contributed by atoms with Gasteiger partial charge in [-0.25, -0.2) is 0 Å². The van der Waals surface area contributed by atoms with Crippen LogP contribution in [-0.2, 0) is 10.3 Å². The van der Waals surface area contributed by atoms with Gasteiger partial charge in [0, 0.05) is 18.7 Å². The number of hydrogen-bond acceptors (Lipinski definition) is 4. The first-order valence-electron chi connectivity index (χ1n) is 7.04. The zero-order chi connectivity index (χ0) is 15.0. The number of imidazole rings is 1. The lowest BCUT2D eigenvalue weighted by atomic mass is 9.94. The number of rotatable bonds is 3. The summed E-state index contributed by atoms with van der Waals surface area (Å²) in [6.45, 7) is 3.68. The number of methoxy groups -OCH3 is 2. The Bertz CT molecular complexity index is 714. The van der Waals surface area contributed by atoms with Gasteiger partial charge in [0.1, 0.15) is 0 Å². The molecule has 0 spiro atoms. The first-order valence-corrected chi connectivity index (χ1v) is 7.45. The number of aromatic amines is 1. The fourth-order valence-electron chi connectivity index (χ4n) is 3.07. The molecule has 1 atom stereocenters. The summed E-state index contributed by atoms with van der Waals surface area (Å²) < 4.78 is 19.3. The average molecular weight is 308 g/mol. The van der Waals surface area contributed by atoms with Crippen molar-refractivity contribution >= 4 is 23.3 Å². The fourth-order valence-corrected chi connectivity index (χ4v) is 3.49. The summed E-state index contributed by atoms with van der Waals surface area (Å²) in [7, 11) is 3.27. The monoisotopic (exact) mass is 308 g/mol. The van der Waals surface area contributed by atoms with E-state index in [1.165, 1.54) is 0 Å². The van der Waals surface area contributed by atoms with Crippen LogP contribution in [0.25, 0.3) is 11.0 Å². The summed E-state index contributed by atoms with van der Waals surface area (Å²) in [5, 5.41) is 0. The molecule has 6 heteroatoms. The number of H-pyrrole nitrogens is 1. The van der Waals surface area contributed by atoms with Crippen LogP contribution in [0.15, 0.2) is 12.1 Å². The first-order chi connectivity index (χ1) is 10.1. The highest BCUT2D eigenvalue weighted by Crippen LogP contribution is 2.36. The largest absolute Gasteiger partial charge is 0.493 e. The number of nitrogens with one attached hydrogen (secondary N) is 1. The molecule has 1 fully saturated rings. The van der Waals surface area contributed by atoms with Gasteiger partial charge in [0.05, 0.1) is 37.4 Å². The Morgan fingerprint density at radius 3 is 2.62 bits per heavy atom. The van der Waals surface area contributed by atoms with Gasteiger partial charge < -0.3 is 23.8 Å². The van der Waals surface area contributed by atoms with Gasteiger partial charge in [0.15, 0.2) is 16.3 Å². The van der Waals surface area contributed by atoms with E-state index in [4.69, 9.17) is 26.4 Å². The number of benzene rings is 1. The van der Waals surface area contributed by atoms with E-state index < -0.39 is 0 Å². The predicted molar refractivity (Wildman–Crippen MR) is 83.9 cm³/mol. The molecule has 5 nitrogen and oxygen atoms in total. The van der Waals surface area contributed by atoms with Crippen molar-refractivity contribution in [1.82, 2.24) is 9.55 Å². The molecule has 1 saturated heterocycles. The fraction of sp³-hybridized carbons (Fsp3) is 0.533. The van der Waals surface area contributed by atoms with Gasteiger partial charge in [0.2, 0.25) is 0 Å². The summed E-state index contributed by atoms with van der Waals surface area (Å²) in [6.07, 6.45) is 2.08. The molecule has 21 heavy (non-hydrogen) atoms. The van der Waals surface area contributed by atoms with Crippen LogP contribution < -0.4 is 9.47 Å². The van der Waals surface area contributed by atoms with Crippen LogP contribution in [0.4, 0.5) is 0 Å². The third-order valence-electron chi connectivity index (χ3n) is 4.14. The minimum atomic E-state index is -0.132. The van der Waals surface area contributed by atoms with Crippen LogP contribution in [0.2, 0.25) is 0 Å². The Kier molecular flexibility index (Phi) is 3.67. The maximum Gasteiger partial charge on any atom is 0.178 e. The second kappa shape index (κ2) is 5.35. The molecular formula is C15H20N2O3S. The Labute approximate surface area is 128 Å². The van der Waals surface area contributed by atoms with Crippen molar-refractivity contribution in [1.29, 1.82) is 0 Å². The molecule has 1 aliphatic heterocycles. The molecular weight excluding hydrogens is 288 g/mol. The molecule has 0 aliphatic carbocycles. The molecule has 1 aromatic heterocycles. The zero-order valence-electron chi connectivity index (χ0n) is 12.6. The molecule has 2 heterocycles. The minimum absolute atomic E-state index is 0.132. The van der Waals surface area contributed by atoms with E-state index in [0.717, 1.165) is 30.5 Å². The topological polar surface area (TPSA) is 48.4 Å². The van der Waals surface area contributed by atoms with Crippen molar-refractivity contribution in [3.05, 3.63) is 16.9 Å². The smallest absolute Gasteiger partial charge is 0.178 e. The third-order valence-corrected chi connectivity index (χ3v) is 4.43. The Balaban J connectivity index is 2.23. The maximum absolute atomic E-state index is 5.68. The second-order valence-electron chi connectivity index (χ2n) is 5.64. The van der Waals surface area contributed by atoms with E-state index in [0.29, 0.717) is 22.9 Å². The van der Waals surface area contributed by atoms with Crippen LogP contribution >= 0.6 is 12.2 Å². The summed E-state index contributed by atoms with van der Waals surface area (Å²) in [5.41, 5.74) is 1.84. The Morgan fingerprint density at radius 2 is 2.00 bits per heavy atom. The molecule has 3 rings (SSSR count). The van der Waals surface area contributed by atoms with Crippen LogP contribution in [0, 0.1) is 4.77 Å². The summed E-state index contributed by atoms with van der Waals surface area (Å²) in [5.74, 6) is 1.39. The van der Waals surface area contributed by atoms with Gasteiger partial charge in [-0.15, -0.1) is 0 Å². The SMILES string of the molecule is COc1cc2[nH]c(=S)n(C3(C)CCCOC3)c2cc1OC. The number of nitrogens with zero attached hydrogens (tertiary/aromatic N) is 1. The standard InChI is InChI=1S/C15H20N2O3S/c1-15(5-4-6-20-9-15)17-11-8-13(19-3)12(18-2)7-10(11)16-14(17)21/h7-8H,4-6,9H2,1-3H3,(H,16,21). The van der Waals surface area contributed by atoms with E-state index in [1.807, 2.05) is 12.1 Å². The van der Waals surface area contributed by atoms with Crippen LogP contribution in [0.1, 0.15) is 19.8 Å². The van der Waals surface area contributed by atoms with E-state index in [1.54, 1.807) is 14.2 Å². The van der Waals surface area contributed by atoms with Gasteiger partial charge >= 0.3 is 0 Å². The molecule has 0 radical (unpaired) electrons. The molecule has 1 unspecified atom stereocenters. The van der Waals surface area contributed by atoms with E-state index in [-0.39, 0.29) is 5.54 Å².